The summed E-state index contributed by atoms with van der Waals surface area (Å²) in [5.74, 6) is -0.817. The Labute approximate surface area is 304 Å². The minimum Gasteiger partial charge on any atom is -0.396 e. The number of carbonyl (C=O) groups is 1. The van der Waals surface area contributed by atoms with E-state index in [1.54, 1.807) is 6.08 Å². The zero-order valence-corrected chi connectivity index (χ0v) is 32.7. The van der Waals surface area contributed by atoms with Crippen molar-refractivity contribution in [3.8, 4) is 0 Å². The van der Waals surface area contributed by atoms with Gasteiger partial charge in [0.05, 0.1) is 31.3 Å². The second-order valence-electron chi connectivity index (χ2n) is 15.2. The van der Waals surface area contributed by atoms with Crippen molar-refractivity contribution in [3.63, 3.8) is 0 Å². The number of aliphatic hydroxyl groups excluding tert-OH is 4. The van der Waals surface area contributed by atoms with Crippen LogP contribution in [0.1, 0.15) is 219 Å². The summed E-state index contributed by atoms with van der Waals surface area (Å²) >= 11 is 0. The summed E-state index contributed by atoms with van der Waals surface area (Å²) in [4.78, 5) is 12.3. The molecule has 0 aliphatic carbocycles. The first-order valence-corrected chi connectivity index (χ1v) is 21.5. The van der Waals surface area contributed by atoms with Gasteiger partial charge in [0.25, 0.3) is 0 Å². The first kappa shape index (κ1) is 48.0. The van der Waals surface area contributed by atoms with E-state index in [1.807, 2.05) is 0 Å². The fourth-order valence-corrected chi connectivity index (χ4v) is 6.72. The number of hydrogen-bond acceptors (Lipinski definition) is 5. The molecule has 0 heterocycles. The molecule has 0 fully saturated rings. The van der Waals surface area contributed by atoms with Crippen molar-refractivity contribution in [3.05, 3.63) is 12.2 Å². The van der Waals surface area contributed by atoms with E-state index in [4.69, 9.17) is 0 Å². The predicted molar refractivity (Wildman–Crippen MR) is 210 cm³/mol. The SMILES string of the molecule is CCCCCCCCCCCCCCCCCCCCCC(O)CC(=O)NCC(CO)C(O)/C=C/C(O)CCCCCCCCCCCC. The minimum absolute atomic E-state index is 0.0424. The summed E-state index contributed by atoms with van der Waals surface area (Å²) in [5, 5.41) is 43.5. The third-order valence-electron chi connectivity index (χ3n) is 10.2. The molecule has 0 aliphatic heterocycles. The molecule has 4 unspecified atom stereocenters. The van der Waals surface area contributed by atoms with Crippen LogP contribution in [-0.2, 0) is 4.79 Å². The minimum atomic E-state index is -0.956. The lowest BCUT2D eigenvalue weighted by molar-refractivity contribution is -0.123. The molecule has 0 aliphatic rings. The number of rotatable bonds is 39. The van der Waals surface area contributed by atoms with Crippen LogP contribution in [0.15, 0.2) is 12.2 Å². The summed E-state index contributed by atoms with van der Waals surface area (Å²) in [7, 11) is 0. The van der Waals surface area contributed by atoms with Crippen LogP contribution >= 0.6 is 0 Å². The lowest BCUT2D eigenvalue weighted by Gasteiger charge is -2.19. The van der Waals surface area contributed by atoms with Gasteiger partial charge in [-0.3, -0.25) is 4.79 Å². The highest BCUT2D eigenvalue weighted by Crippen LogP contribution is 2.16. The van der Waals surface area contributed by atoms with E-state index < -0.39 is 24.2 Å². The normalized spacial score (nSPS) is 14.3. The number of aliphatic hydroxyl groups is 4. The highest BCUT2D eigenvalue weighted by atomic mass is 16.3. The summed E-state index contributed by atoms with van der Waals surface area (Å²) in [5.41, 5.74) is 0. The van der Waals surface area contributed by atoms with Gasteiger partial charge >= 0.3 is 0 Å². The van der Waals surface area contributed by atoms with E-state index in [2.05, 4.69) is 19.2 Å². The van der Waals surface area contributed by atoms with E-state index in [-0.39, 0.29) is 25.5 Å². The summed E-state index contributed by atoms with van der Waals surface area (Å²) in [6.07, 6.45) is 40.1. The molecule has 292 valence electrons. The zero-order valence-electron chi connectivity index (χ0n) is 32.7. The van der Waals surface area contributed by atoms with Crippen molar-refractivity contribution in [2.45, 2.75) is 238 Å². The van der Waals surface area contributed by atoms with Gasteiger partial charge in [0.1, 0.15) is 0 Å². The van der Waals surface area contributed by atoms with Crippen LogP contribution in [0.25, 0.3) is 0 Å². The number of amides is 1. The molecule has 4 atom stereocenters. The Morgan fingerprint density at radius 3 is 1.22 bits per heavy atom. The van der Waals surface area contributed by atoms with E-state index in [0.29, 0.717) is 12.8 Å². The maximum atomic E-state index is 12.3. The van der Waals surface area contributed by atoms with Crippen molar-refractivity contribution in [1.82, 2.24) is 5.32 Å². The van der Waals surface area contributed by atoms with Gasteiger partial charge in [-0.2, -0.15) is 0 Å². The molecule has 0 radical (unpaired) electrons. The Bertz CT molecular complexity index is 702. The molecule has 5 N–H and O–H groups in total. The summed E-state index contributed by atoms with van der Waals surface area (Å²) in [6, 6.07) is 0. The van der Waals surface area contributed by atoms with Crippen molar-refractivity contribution in [2.75, 3.05) is 13.2 Å². The van der Waals surface area contributed by atoms with Crippen molar-refractivity contribution < 1.29 is 25.2 Å². The number of nitrogens with one attached hydrogen (secondary N) is 1. The molecule has 0 saturated carbocycles. The quantitative estimate of drug-likeness (QED) is 0.0325. The lowest BCUT2D eigenvalue weighted by Crippen LogP contribution is -2.37. The molecule has 0 saturated heterocycles. The van der Waals surface area contributed by atoms with Crippen LogP contribution in [-0.4, -0.2) is 57.8 Å². The van der Waals surface area contributed by atoms with Crippen LogP contribution in [0, 0.1) is 5.92 Å². The fourth-order valence-electron chi connectivity index (χ4n) is 6.72. The van der Waals surface area contributed by atoms with Crippen LogP contribution < -0.4 is 5.32 Å². The van der Waals surface area contributed by atoms with Crippen LogP contribution in [0.5, 0.6) is 0 Å². The Hall–Kier alpha value is -0.950. The average molecular weight is 696 g/mol. The van der Waals surface area contributed by atoms with Crippen molar-refractivity contribution >= 4 is 5.91 Å². The average Bonchev–Trinajstić information content (AvgIpc) is 3.09. The molecule has 0 rings (SSSR count). The number of hydrogen-bond donors (Lipinski definition) is 5. The maximum Gasteiger partial charge on any atom is 0.222 e. The molecule has 0 aromatic rings. The Balaban J connectivity index is 3.71. The molecule has 0 bridgehead atoms. The van der Waals surface area contributed by atoms with Crippen LogP contribution in [0.4, 0.5) is 0 Å². The van der Waals surface area contributed by atoms with Gasteiger partial charge in [0, 0.05) is 12.5 Å². The lowest BCUT2D eigenvalue weighted by atomic mass is 10.0. The van der Waals surface area contributed by atoms with Gasteiger partial charge in [-0.25, -0.2) is 0 Å². The second kappa shape index (κ2) is 38.3. The predicted octanol–water partition coefficient (Wildman–Crippen LogP) is 10.9. The molecule has 0 aromatic carbocycles. The molecular weight excluding hydrogens is 610 g/mol. The maximum absolute atomic E-state index is 12.3. The highest BCUT2D eigenvalue weighted by molar-refractivity contribution is 5.76. The first-order valence-electron chi connectivity index (χ1n) is 21.5. The standard InChI is InChI=1S/C43H85NO5/c1-3-5-7-9-11-13-15-16-17-18-19-20-21-22-23-25-27-29-31-33-41(47)36-43(49)44-37-39(38-45)42(48)35-34-40(46)32-30-28-26-24-14-12-10-8-6-4-2/h34-35,39-42,45-48H,3-33,36-38H2,1-2H3,(H,44,49)/b35-34+. The van der Waals surface area contributed by atoms with Crippen LogP contribution in [0.3, 0.4) is 0 Å². The molecule has 0 spiro atoms. The monoisotopic (exact) mass is 696 g/mol. The number of carbonyl (C=O) groups excluding carboxylic acids is 1. The van der Waals surface area contributed by atoms with E-state index in [1.165, 1.54) is 167 Å². The van der Waals surface area contributed by atoms with E-state index >= 15 is 0 Å². The molecular formula is C43H85NO5. The Kier molecular flexibility index (Phi) is 37.5. The molecule has 6 nitrogen and oxygen atoms in total. The molecule has 6 heteroatoms. The number of unbranched alkanes of at least 4 members (excludes halogenated alkanes) is 27. The van der Waals surface area contributed by atoms with Gasteiger partial charge in [-0.1, -0.05) is 212 Å². The second-order valence-corrected chi connectivity index (χ2v) is 15.2. The molecule has 1 amide bonds. The molecule has 0 aromatic heterocycles. The van der Waals surface area contributed by atoms with Crippen molar-refractivity contribution in [1.29, 1.82) is 0 Å². The smallest absolute Gasteiger partial charge is 0.222 e. The Morgan fingerprint density at radius 1 is 0.510 bits per heavy atom. The largest absolute Gasteiger partial charge is 0.396 e. The third-order valence-corrected chi connectivity index (χ3v) is 10.2. The van der Waals surface area contributed by atoms with Gasteiger partial charge in [0.2, 0.25) is 5.91 Å². The Morgan fingerprint density at radius 2 is 0.857 bits per heavy atom. The fraction of sp³-hybridized carbons (Fsp3) is 0.930. The van der Waals surface area contributed by atoms with Gasteiger partial charge in [-0.15, -0.1) is 0 Å². The zero-order chi connectivity index (χ0) is 36.0. The van der Waals surface area contributed by atoms with Crippen molar-refractivity contribution in [2.24, 2.45) is 5.92 Å². The van der Waals surface area contributed by atoms with Gasteiger partial charge in [0.15, 0.2) is 0 Å². The summed E-state index contributed by atoms with van der Waals surface area (Å²) < 4.78 is 0. The van der Waals surface area contributed by atoms with Crippen LogP contribution in [0.2, 0.25) is 0 Å². The first-order chi connectivity index (χ1) is 23.9. The van der Waals surface area contributed by atoms with Gasteiger partial charge < -0.3 is 25.7 Å². The highest BCUT2D eigenvalue weighted by Gasteiger charge is 2.18. The van der Waals surface area contributed by atoms with E-state index in [9.17, 15) is 25.2 Å². The third kappa shape index (κ3) is 35.2. The van der Waals surface area contributed by atoms with E-state index in [0.717, 1.165) is 25.7 Å². The summed E-state index contributed by atoms with van der Waals surface area (Å²) in [6.45, 7) is 4.37. The topological polar surface area (TPSA) is 110 Å². The molecule has 49 heavy (non-hydrogen) atoms. The van der Waals surface area contributed by atoms with Gasteiger partial charge in [-0.05, 0) is 12.8 Å².